The van der Waals surface area contributed by atoms with Crippen molar-refractivity contribution in [2.45, 2.75) is 52.9 Å². The van der Waals surface area contributed by atoms with E-state index in [0.29, 0.717) is 12.3 Å². The third-order valence-electron chi connectivity index (χ3n) is 3.32. The first kappa shape index (κ1) is 15.6. The molecular formula is C14H28FN. The van der Waals surface area contributed by atoms with Crippen molar-refractivity contribution in [3.63, 3.8) is 0 Å². The summed E-state index contributed by atoms with van der Waals surface area (Å²) in [4.78, 5) is 0. The van der Waals surface area contributed by atoms with Gasteiger partial charge in [0.25, 0.3) is 0 Å². The smallest absolute Gasteiger partial charge is 0.0959 e. The molecule has 0 spiro atoms. The van der Waals surface area contributed by atoms with E-state index >= 15 is 0 Å². The second-order valence-corrected chi connectivity index (χ2v) is 4.80. The topological polar surface area (TPSA) is 12.0 Å². The van der Waals surface area contributed by atoms with Crippen LogP contribution in [0.5, 0.6) is 0 Å². The standard InChI is InChI=1S/C14H28FN/c1-5-7-14(15)9-6-8-12(2)13(3)10-11-16-4/h7,12-13,16H,5-6,8-11H2,1-4H3/b14-7+/t12-,13+/m1/s1. The lowest BCUT2D eigenvalue weighted by molar-refractivity contribution is 0.332. The van der Waals surface area contributed by atoms with Crippen LogP contribution in [0, 0.1) is 11.8 Å². The number of allylic oxidation sites excluding steroid dienone is 2. The van der Waals surface area contributed by atoms with Gasteiger partial charge in [0.15, 0.2) is 0 Å². The molecule has 2 atom stereocenters. The molecule has 0 aromatic rings. The Labute approximate surface area is 101 Å². The fourth-order valence-electron chi connectivity index (χ4n) is 1.86. The normalized spacial score (nSPS) is 16.2. The maximum Gasteiger partial charge on any atom is 0.0959 e. The fourth-order valence-corrected chi connectivity index (χ4v) is 1.86. The minimum Gasteiger partial charge on any atom is -0.320 e. The van der Waals surface area contributed by atoms with Crippen LogP contribution in [-0.4, -0.2) is 13.6 Å². The lowest BCUT2D eigenvalue weighted by Gasteiger charge is -2.19. The van der Waals surface area contributed by atoms with Crippen LogP contribution in [-0.2, 0) is 0 Å². The highest BCUT2D eigenvalue weighted by Crippen LogP contribution is 2.22. The van der Waals surface area contributed by atoms with Gasteiger partial charge in [0.2, 0.25) is 0 Å². The molecule has 0 bridgehead atoms. The molecule has 0 heterocycles. The molecule has 0 saturated carbocycles. The van der Waals surface area contributed by atoms with Gasteiger partial charge in [0.1, 0.15) is 0 Å². The Morgan fingerprint density at radius 1 is 1.25 bits per heavy atom. The molecule has 0 rings (SSSR count). The highest BCUT2D eigenvalue weighted by atomic mass is 19.1. The van der Waals surface area contributed by atoms with Crippen LogP contribution in [0.15, 0.2) is 11.9 Å². The lowest BCUT2D eigenvalue weighted by atomic mass is 9.88. The Morgan fingerprint density at radius 2 is 1.88 bits per heavy atom. The SMILES string of the molecule is CC/C=C(/F)CCC[C@@H](C)[C@@H](C)CCNC. The van der Waals surface area contributed by atoms with Gasteiger partial charge in [-0.05, 0) is 51.1 Å². The molecule has 0 amide bonds. The second-order valence-electron chi connectivity index (χ2n) is 4.80. The van der Waals surface area contributed by atoms with Crippen LogP contribution in [0.25, 0.3) is 0 Å². The van der Waals surface area contributed by atoms with Gasteiger partial charge in [-0.15, -0.1) is 0 Å². The number of nitrogens with one attached hydrogen (secondary N) is 1. The average molecular weight is 229 g/mol. The van der Waals surface area contributed by atoms with Gasteiger partial charge in [-0.25, -0.2) is 4.39 Å². The van der Waals surface area contributed by atoms with E-state index in [2.05, 4.69) is 19.2 Å². The van der Waals surface area contributed by atoms with E-state index in [1.807, 2.05) is 14.0 Å². The van der Waals surface area contributed by atoms with Gasteiger partial charge in [-0.3, -0.25) is 0 Å². The summed E-state index contributed by atoms with van der Waals surface area (Å²) >= 11 is 0. The van der Waals surface area contributed by atoms with Crippen molar-refractivity contribution >= 4 is 0 Å². The van der Waals surface area contributed by atoms with E-state index in [-0.39, 0.29) is 5.83 Å². The van der Waals surface area contributed by atoms with Crippen molar-refractivity contribution in [1.82, 2.24) is 5.32 Å². The van der Waals surface area contributed by atoms with E-state index in [4.69, 9.17) is 0 Å². The lowest BCUT2D eigenvalue weighted by Crippen LogP contribution is -2.16. The summed E-state index contributed by atoms with van der Waals surface area (Å²) in [6.07, 6.45) is 6.44. The molecule has 0 aliphatic carbocycles. The Morgan fingerprint density at radius 3 is 2.44 bits per heavy atom. The summed E-state index contributed by atoms with van der Waals surface area (Å²) in [6.45, 7) is 7.62. The molecule has 2 heteroatoms. The molecule has 1 N–H and O–H groups in total. The van der Waals surface area contributed by atoms with Crippen LogP contribution in [0.2, 0.25) is 0 Å². The first-order valence-electron chi connectivity index (χ1n) is 6.60. The molecular weight excluding hydrogens is 201 g/mol. The summed E-state index contributed by atoms with van der Waals surface area (Å²) in [5.41, 5.74) is 0. The Balaban J connectivity index is 3.63. The van der Waals surface area contributed by atoms with Crippen LogP contribution in [0.1, 0.15) is 52.9 Å². The number of halogens is 1. The molecule has 96 valence electrons. The number of hydrogen-bond acceptors (Lipinski definition) is 1. The van der Waals surface area contributed by atoms with Crippen molar-refractivity contribution in [3.05, 3.63) is 11.9 Å². The van der Waals surface area contributed by atoms with Gasteiger partial charge >= 0.3 is 0 Å². The molecule has 16 heavy (non-hydrogen) atoms. The zero-order chi connectivity index (χ0) is 12.4. The first-order valence-corrected chi connectivity index (χ1v) is 6.60. The van der Waals surface area contributed by atoms with Crippen LogP contribution < -0.4 is 5.32 Å². The zero-order valence-electron chi connectivity index (χ0n) is 11.4. The summed E-state index contributed by atoms with van der Waals surface area (Å²) in [5, 5.41) is 3.18. The molecule has 0 aliphatic heterocycles. The van der Waals surface area contributed by atoms with Gasteiger partial charge in [0.05, 0.1) is 5.83 Å². The van der Waals surface area contributed by atoms with Crippen molar-refractivity contribution in [3.8, 4) is 0 Å². The predicted octanol–water partition coefficient (Wildman–Crippen LogP) is 4.30. The predicted molar refractivity (Wildman–Crippen MR) is 70.2 cm³/mol. The van der Waals surface area contributed by atoms with Gasteiger partial charge in [-0.2, -0.15) is 0 Å². The fraction of sp³-hybridized carbons (Fsp3) is 0.857. The molecule has 0 saturated heterocycles. The average Bonchev–Trinajstić information content (AvgIpc) is 2.26. The highest BCUT2D eigenvalue weighted by Gasteiger charge is 2.11. The summed E-state index contributed by atoms with van der Waals surface area (Å²) < 4.78 is 13.1. The van der Waals surface area contributed by atoms with E-state index in [1.165, 1.54) is 6.42 Å². The van der Waals surface area contributed by atoms with Crippen molar-refractivity contribution in [2.75, 3.05) is 13.6 Å². The minimum atomic E-state index is 0.0672. The van der Waals surface area contributed by atoms with Crippen LogP contribution >= 0.6 is 0 Å². The molecule has 0 aromatic carbocycles. The number of rotatable bonds is 9. The zero-order valence-corrected chi connectivity index (χ0v) is 11.4. The third-order valence-corrected chi connectivity index (χ3v) is 3.32. The van der Waals surface area contributed by atoms with Gasteiger partial charge in [-0.1, -0.05) is 33.3 Å². The summed E-state index contributed by atoms with van der Waals surface area (Å²) in [7, 11) is 1.99. The van der Waals surface area contributed by atoms with Crippen LogP contribution in [0.3, 0.4) is 0 Å². The maximum atomic E-state index is 13.1. The largest absolute Gasteiger partial charge is 0.320 e. The maximum absolute atomic E-state index is 13.1. The molecule has 0 fully saturated rings. The van der Waals surface area contributed by atoms with Gasteiger partial charge < -0.3 is 5.32 Å². The molecule has 0 unspecified atom stereocenters. The number of hydrogen-bond donors (Lipinski definition) is 1. The first-order chi connectivity index (χ1) is 7.61. The van der Waals surface area contributed by atoms with Crippen molar-refractivity contribution in [1.29, 1.82) is 0 Å². The summed E-state index contributed by atoms with van der Waals surface area (Å²) in [5.74, 6) is 1.49. The van der Waals surface area contributed by atoms with Crippen molar-refractivity contribution < 1.29 is 4.39 Å². The van der Waals surface area contributed by atoms with E-state index in [1.54, 1.807) is 6.08 Å². The van der Waals surface area contributed by atoms with E-state index < -0.39 is 0 Å². The Hall–Kier alpha value is -0.370. The third kappa shape index (κ3) is 7.86. The second kappa shape index (κ2) is 9.83. The van der Waals surface area contributed by atoms with E-state index in [0.717, 1.165) is 31.7 Å². The Kier molecular flexibility index (Phi) is 9.60. The van der Waals surface area contributed by atoms with Crippen molar-refractivity contribution in [2.24, 2.45) is 11.8 Å². The Bertz CT molecular complexity index is 189. The molecule has 0 aliphatic rings. The summed E-state index contributed by atoms with van der Waals surface area (Å²) in [6, 6.07) is 0. The minimum absolute atomic E-state index is 0.0672. The van der Waals surface area contributed by atoms with Gasteiger partial charge in [0, 0.05) is 0 Å². The van der Waals surface area contributed by atoms with E-state index in [9.17, 15) is 4.39 Å². The molecule has 0 radical (unpaired) electrons. The quantitative estimate of drug-likeness (QED) is 0.621. The van der Waals surface area contributed by atoms with Crippen LogP contribution in [0.4, 0.5) is 4.39 Å². The monoisotopic (exact) mass is 229 g/mol. The highest BCUT2D eigenvalue weighted by molar-refractivity contribution is 4.90. The molecule has 0 aromatic heterocycles. The molecule has 1 nitrogen and oxygen atoms in total.